The largest absolute Gasteiger partial charge is 0.384 e. The summed E-state index contributed by atoms with van der Waals surface area (Å²) in [6, 6.07) is 17.6. The number of piperidine rings is 1. The second-order valence-electron chi connectivity index (χ2n) is 9.91. The van der Waals surface area contributed by atoms with Gasteiger partial charge in [-0.2, -0.15) is 0 Å². The van der Waals surface area contributed by atoms with Crippen molar-refractivity contribution in [3.05, 3.63) is 65.7 Å². The zero-order chi connectivity index (χ0) is 24.2. The van der Waals surface area contributed by atoms with E-state index in [1.165, 1.54) is 11.3 Å². The van der Waals surface area contributed by atoms with Gasteiger partial charge in [0.2, 0.25) is 11.8 Å². The topological polar surface area (TPSA) is 82.7 Å². The van der Waals surface area contributed by atoms with Crippen LogP contribution in [0.1, 0.15) is 37.8 Å². The van der Waals surface area contributed by atoms with Gasteiger partial charge < -0.3 is 25.6 Å². The Morgan fingerprint density at radius 3 is 2.47 bits per heavy atom. The first kappa shape index (κ1) is 24.2. The van der Waals surface area contributed by atoms with Gasteiger partial charge in [-0.3, -0.25) is 9.59 Å². The van der Waals surface area contributed by atoms with Crippen molar-refractivity contribution in [2.24, 2.45) is 0 Å². The van der Waals surface area contributed by atoms with Gasteiger partial charge in [-0.1, -0.05) is 48.5 Å². The number of para-hydroxylation sites is 1. The average molecular weight is 465 g/mol. The summed E-state index contributed by atoms with van der Waals surface area (Å²) in [4.78, 5) is 28.3. The van der Waals surface area contributed by atoms with Gasteiger partial charge in [0.25, 0.3) is 0 Å². The van der Waals surface area contributed by atoms with Crippen molar-refractivity contribution in [3.8, 4) is 0 Å². The number of likely N-dealkylation sites (tertiary alicyclic amines) is 1. The predicted octanol–water partition coefficient (Wildman–Crippen LogP) is 2.67. The summed E-state index contributed by atoms with van der Waals surface area (Å²) in [7, 11) is 1.74. The third-order valence-corrected chi connectivity index (χ3v) is 7.34. The van der Waals surface area contributed by atoms with E-state index in [0.717, 1.165) is 24.9 Å². The summed E-state index contributed by atoms with van der Waals surface area (Å²) in [5, 5.41) is 9.48. The molecule has 2 amide bonds. The van der Waals surface area contributed by atoms with Gasteiger partial charge in [0.15, 0.2) is 0 Å². The highest BCUT2D eigenvalue weighted by atomic mass is 16.5. The monoisotopic (exact) mass is 464 g/mol. The summed E-state index contributed by atoms with van der Waals surface area (Å²) >= 11 is 0. The molecule has 0 aliphatic carbocycles. The van der Waals surface area contributed by atoms with Crippen molar-refractivity contribution in [1.29, 1.82) is 0 Å². The van der Waals surface area contributed by atoms with Crippen molar-refractivity contribution in [1.82, 2.24) is 15.5 Å². The molecule has 7 heteroatoms. The number of carbonyl (C=O) groups excluding carboxylic acids is 2. The Balaban J connectivity index is 1.41. The summed E-state index contributed by atoms with van der Waals surface area (Å²) in [5.74, 6) is -0.304. The van der Waals surface area contributed by atoms with E-state index in [1.807, 2.05) is 35.2 Å². The standard InChI is InChI=1S/C27H36N4O3/c1-26(2,28-3)25(33)30-23(18-34-17-20-9-5-4-6-10-20)24(32)31-15-13-27(14-16-31)19-29-22-12-8-7-11-21(22)27/h4-12,23,28-29H,13-19H2,1-3H3,(H,30,33). The van der Waals surface area contributed by atoms with E-state index in [0.29, 0.717) is 19.7 Å². The summed E-state index contributed by atoms with van der Waals surface area (Å²) in [6.07, 6.45) is 1.80. The van der Waals surface area contributed by atoms with E-state index >= 15 is 0 Å². The van der Waals surface area contributed by atoms with E-state index in [-0.39, 0.29) is 23.8 Å². The van der Waals surface area contributed by atoms with Crippen LogP contribution in [-0.4, -0.2) is 61.6 Å². The van der Waals surface area contributed by atoms with E-state index in [4.69, 9.17) is 4.74 Å². The lowest BCUT2D eigenvalue weighted by molar-refractivity contribution is -0.141. The maximum atomic E-state index is 13.5. The number of benzene rings is 2. The fraction of sp³-hybridized carbons (Fsp3) is 0.481. The van der Waals surface area contributed by atoms with E-state index in [9.17, 15) is 9.59 Å². The molecule has 0 aromatic heterocycles. The van der Waals surface area contributed by atoms with Gasteiger partial charge in [-0.15, -0.1) is 0 Å². The molecular formula is C27H36N4O3. The van der Waals surface area contributed by atoms with Gasteiger partial charge >= 0.3 is 0 Å². The minimum Gasteiger partial charge on any atom is -0.384 e. The van der Waals surface area contributed by atoms with E-state index < -0.39 is 11.6 Å². The Labute approximate surface area is 202 Å². The molecular weight excluding hydrogens is 428 g/mol. The number of carbonyl (C=O) groups is 2. The molecule has 2 aromatic carbocycles. The lowest BCUT2D eigenvalue weighted by Crippen LogP contribution is -2.59. The Bertz CT molecular complexity index is 1000. The Kier molecular flexibility index (Phi) is 7.24. The van der Waals surface area contributed by atoms with Crippen LogP contribution in [0.25, 0.3) is 0 Å². The molecule has 0 bridgehead atoms. The molecule has 2 aliphatic heterocycles. The molecule has 4 rings (SSSR count). The summed E-state index contributed by atoms with van der Waals surface area (Å²) in [6.45, 7) is 6.34. The van der Waals surface area contributed by atoms with Crippen LogP contribution >= 0.6 is 0 Å². The molecule has 34 heavy (non-hydrogen) atoms. The Hall–Kier alpha value is -2.90. The van der Waals surface area contributed by atoms with Crippen LogP contribution in [0.3, 0.4) is 0 Å². The minimum atomic E-state index is -0.789. The van der Waals surface area contributed by atoms with Crippen molar-refractivity contribution in [2.45, 2.75) is 50.3 Å². The predicted molar refractivity (Wildman–Crippen MR) is 134 cm³/mol. The van der Waals surface area contributed by atoms with Crippen LogP contribution in [0.15, 0.2) is 54.6 Å². The number of likely N-dealkylation sites (N-methyl/N-ethyl adjacent to an activating group) is 1. The third-order valence-electron chi connectivity index (χ3n) is 7.34. The highest BCUT2D eigenvalue weighted by Gasteiger charge is 2.43. The molecule has 0 saturated carbocycles. The maximum absolute atomic E-state index is 13.5. The van der Waals surface area contributed by atoms with E-state index in [2.05, 4.69) is 40.2 Å². The zero-order valence-corrected chi connectivity index (χ0v) is 20.4. The number of rotatable bonds is 8. The summed E-state index contributed by atoms with van der Waals surface area (Å²) in [5.41, 5.74) is 2.88. The minimum absolute atomic E-state index is 0.0735. The highest BCUT2D eigenvalue weighted by molar-refractivity contribution is 5.91. The lowest BCUT2D eigenvalue weighted by atomic mass is 9.74. The third kappa shape index (κ3) is 5.10. The summed E-state index contributed by atoms with van der Waals surface area (Å²) < 4.78 is 5.89. The molecule has 1 spiro atoms. The number of nitrogens with zero attached hydrogens (tertiary/aromatic N) is 1. The van der Waals surface area contributed by atoms with Gasteiger partial charge in [0.05, 0.1) is 18.8 Å². The SMILES string of the molecule is CNC(C)(C)C(=O)NC(COCc1ccccc1)C(=O)N1CCC2(CC1)CNc1ccccc12. The molecule has 1 saturated heterocycles. The van der Waals surface area contributed by atoms with Crippen molar-refractivity contribution < 1.29 is 14.3 Å². The molecule has 2 aromatic rings. The molecule has 0 radical (unpaired) electrons. The second kappa shape index (κ2) is 10.2. The molecule has 7 nitrogen and oxygen atoms in total. The number of amides is 2. The Morgan fingerprint density at radius 2 is 1.76 bits per heavy atom. The normalized spacial score (nSPS) is 17.7. The zero-order valence-electron chi connectivity index (χ0n) is 20.4. The van der Waals surface area contributed by atoms with Gasteiger partial charge in [0.1, 0.15) is 6.04 Å². The second-order valence-corrected chi connectivity index (χ2v) is 9.91. The fourth-order valence-corrected chi connectivity index (χ4v) is 4.78. The first-order chi connectivity index (χ1) is 16.3. The van der Waals surface area contributed by atoms with Crippen molar-refractivity contribution in [3.63, 3.8) is 0 Å². The van der Waals surface area contributed by atoms with Crippen LogP contribution in [0, 0.1) is 0 Å². The number of fused-ring (bicyclic) bond motifs is 2. The van der Waals surface area contributed by atoms with Crippen LogP contribution < -0.4 is 16.0 Å². The maximum Gasteiger partial charge on any atom is 0.247 e. The van der Waals surface area contributed by atoms with Crippen LogP contribution in [0.2, 0.25) is 0 Å². The van der Waals surface area contributed by atoms with Crippen LogP contribution in [-0.2, 0) is 26.3 Å². The number of hydrogen-bond donors (Lipinski definition) is 3. The molecule has 182 valence electrons. The smallest absolute Gasteiger partial charge is 0.247 e. The number of anilines is 1. The molecule has 3 N–H and O–H groups in total. The fourth-order valence-electron chi connectivity index (χ4n) is 4.78. The van der Waals surface area contributed by atoms with Crippen molar-refractivity contribution >= 4 is 17.5 Å². The lowest BCUT2D eigenvalue weighted by Gasteiger charge is -2.40. The molecule has 1 unspecified atom stereocenters. The van der Waals surface area contributed by atoms with Gasteiger partial charge in [-0.25, -0.2) is 0 Å². The quantitative estimate of drug-likeness (QED) is 0.560. The average Bonchev–Trinajstić information content (AvgIpc) is 3.22. The molecule has 2 heterocycles. The van der Waals surface area contributed by atoms with E-state index in [1.54, 1.807) is 20.9 Å². The number of ether oxygens (including phenoxy) is 1. The van der Waals surface area contributed by atoms with Crippen LogP contribution in [0.4, 0.5) is 5.69 Å². The Morgan fingerprint density at radius 1 is 1.09 bits per heavy atom. The molecule has 1 fully saturated rings. The highest BCUT2D eigenvalue weighted by Crippen LogP contribution is 2.43. The first-order valence-electron chi connectivity index (χ1n) is 12.1. The van der Waals surface area contributed by atoms with Gasteiger partial charge in [0, 0.05) is 30.7 Å². The first-order valence-corrected chi connectivity index (χ1v) is 12.1. The van der Waals surface area contributed by atoms with Gasteiger partial charge in [-0.05, 0) is 50.9 Å². The number of nitrogens with one attached hydrogen (secondary N) is 3. The molecule has 2 aliphatic rings. The van der Waals surface area contributed by atoms with Crippen LogP contribution in [0.5, 0.6) is 0 Å². The number of hydrogen-bond acceptors (Lipinski definition) is 5. The van der Waals surface area contributed by atoms with Crippen molar-refractivity contribution in [2.75, 3.05) is 38.6 Å². The molecule has 1 atom stereocenters.